The maximum atomic E-state index is 13.5. The summed E-state index contributed by atoms with van der Waals surface area (Å²) in [5.41, 5.74) is 15.0. The fourth-order valence-electron chi connectivity index (χ4n) is 12.8. The van der Waals surface area contributed by atoms with Crippen LogP contribution >= 0.6 is 45.8 Å². The van der Waals surface area contributed by atoms with Gasteiger partial charge in [-0.25, -0.2) is 39.5 Å². The Morgan fingerprint density at radius 3 is 1.35 bits per heavy atom. The van der Waals surface area contributed by atoms with Crippen molar-refractivity contribution in [2.75, 3.05) is 38.9 Å². The zero-order valence-electron chi connectivity index (χ0n) is 64.2. The van der Waals surface area contributed by atoms with Gasteiger partial charge in [-0.3, -0.25) is 28.2 Å². The summed E-state index contributed by atoms with van der Waals surface area (Å²) in [4.78, 5) is 81.4. The monoisotopic (exact) mass is 1600 g/mol. The van der Waals surface area contributed by atoms with Gasteiger partial charge in [-0.15, -0.1) is 11.1 Å². The first-order chi connectivity index (χ1) is 48.5. The topological polar surface area (TPSA) is 262 Å². The number of pyridine rings is 6. The van der Waals surface area contributed by atoms with E-state index in [0.29, 0.717) is 89.0 Å². The summed E-state index contributed by atoms with van der Waals surface area (Å²) in [5.74, 6) is 7.28. The van der Waals surface area contributed by atoms with E-state index in [1.165, 1.54) is 36.0 Å². The van der Waals surface area contributed by atoms with Crippen molar-refractivity contribution in [3.8, 4) is 68.5 Å². The van der Waals surface area contributed by atoms with E-state index < -0.39 is 70.6 Å². The molecule has 8 aromatic heterocycles. The standard InChI is InChI=1S/C38H49ClN6O4Si.C25H42BN3O5Si.C13H9ClIN3O/c1-23(2)50(24(3)4,25(5)6)21-18-30-28(15-16-31(41-30)42-35(46)26(7)44(11)37(47)49-38(8,9)10)34-33(29-14-13-19-40-36(29)48-12)43-32-22-27(39)17-20-45(32)34;1-16(2)35(17(3)4,18(5)6)15-14-21-20(26(32)33)12-13-22(27-21)28-23(30)19(7)29(11)24(31)34-25(8,9)10;1-19-13-9(3-2-5-16-13)11-12(15)18-6-4-8(14)7-10(18)17-11/h13-17,19-20,22-26H,1-12H3,(H,41,42,46);12-13,16-19,32-33H,1-11H3,(H,27,28,30);2-7H,1H3. The molecule has 0 radical (unpaired) electrons. The number of nitrogens with one attached hydrogen (secondary N) is 2. The molecule has 0 aliphatic carbocycles. The highest BCUT2D eigenvalue weighted by Crippen LogP contribution is 2.44. The summed E-state index contributed by atoms with van der Waals surface area (Å²) in [5, 5.41) is 26.5. The third-order valence-corrected chi connectivity index (χ3v) is 32.3. The largest absolute Gasteiger partial charge is 0.491 e. The van der Waals surface area contributed by atoms with Crippen molar-refractivity contribution in [2.24, 2.45) is 0 Å². The molecule has 22 nitrogen and oxygen atoms in total. The summed E-state index contributed by atoms with van der Waals surface area (Å²) in [6, 6.07) is 19.7. The predicted molar refractivity (Wildman–Crippen MR) is 430 cm³/mol. The molecule has 8 heterocycles. The maximum absolute atomic E-state index is 13.5. The molecule has 2 unspecified atom stereocenters. The lowest BCUT2D eigenvalue weighted by atomic mass is 9.79. The molecule has 4 N–H and O–H groups in total. The molecule has 0 aliphatic rings. The zero-order chi connectivity index (χ0) is 77.8. The minimum Gasteiger partial charge on any atom is -0.481 e. The second-order valence-electron chi connectivity index (χ2n) is 29.2. The number of ether oxygens (including phenoxy) is 4. The Hall–Kier alpha value is -8.09. The molecule has 0 spiro atoms. The van der Waals surface area contributed by atoms with Crippen LogP contribution in [0.3, 0.4) is 0 Å². The first-order valence-corrected chi connectivity index (χ1v) is 40.8. The molecule has 8 aromatic rings. The highest BCUT2D eigenvalue weighted by atomic mass is 127. The lowest BCUT2D eigenvalue weighted by Gasteiger charge is -2.38. The number of hydrogen-bond donors (Lipinski definition) is 4. The van der Waals surface area contributed by atoms with E-state index in [1.807, 2.05) is 63.7 Å². The molecule has 0 saturated carbocycles. The van der Waals surface area contributed by atoms with E-state index in [1.54, 1.807) is 100 Å². The van der Waals surface area contributed by atoms with Crippen LogP contribution in [0.15, 0.2) is 97.6 Å². The molecule has 8 rings (SSSR count). The first-order valence-electron chi connectivity index (χ1n) is 34.5. The molecule has 28 heteroatoms. The average Bonchev–Trinajstić information content (AvgIpc) is 1.59. The average molecular weight is 1610 g/mol. The van der Waals surface area contributed by atoms with Gasteiger partial charge in [-0.1, -0.05) is 124 Å². The third-order valence-electron chi connectivity index (χ3n) is 18.2. The van der Waals surface area contributed by atoms with E-state index in [9.17, 15) is 29.2 Å². The van der Waals surface area contributed by atoms with Crippen molar-refractivity contribution in [1.29, 1.82) is 0 Å². The SMILES string of the molecule is CC(C(=O)Nc1ccc(B(O)O)c(C#C[Si](C(C)C)(C(C)C)C(C)C)n1)N(C)C(=O)OC(C)(C)C.COc1ncccc1-c1nc2cc(Cl)ccn2c1-c1ccc(NC(=O)C(C)N(C)C(=O)OC(C)(C)C)nc1C#C[Si](C(C)C)(C(C)C)C(C)C.COc1ncccc1-c1nc2cc(Cl)ccn2c1I. The van der Waals surface area contributed by atoms with Crippen LogP contribution in [0.25, 0.3) is 45.1 Å². The number of carbonyl (C=O) groups excluding carboxylic acids is 4. The van der Waals surface area contributed by atoms with Gasteiger partial charge in [0, 0.05) is 72.1 Å². The van der Waals surface area contributed by atoms with Crippen LogP contribution in [0.1, 0.15) is 150 Å². The van der Waals surface area contributed by atoms with Crippen molar-refractivity contribution in [1.82, 2.24) is 48.5 Å². The van der Waals surface area contributed by atoms with Gasteiger partial charge in [0.1, 0.15) is 88.8 Å². The molecule has 0 aromatic carbocycles. The first kappa shape index (κ1) is 84.8. The van der Waals surface area contributed by atoms with Gasteiger partial charge in [0.05, 0.1) is 31.0 Å². The fourth-order valence-corrected chi connectivity index (χ4v) is 24.3. The minimum absolute atomic E-state index is 0.175. The predicted octanol–water partition coefficient (Wildman–Crippen LogP) is 16.1. The fraction of sp³-hybridized carbons (Fsp3) is 0.447. The van der Waals surface area contributed by atoms with Gasteiger partial charge < -0.3 is 39.6 Å². The second kappa shape index (κ2) is 35.8. The Morgan fingerprint density at radius 1 is 0.548 bits per heavy atom. The van der Waals surface area contributed by atoms with E-state index in [-0.39, 0.29) is 17.0 Å². The lowest BCUT2D eigenvalue weighted by Crippen LogP contribution is -2.45. The number of likely N-dealkylation sites (N-methyl/N-ethyl adjacent to an activating group) is 2. The van der Waals surface area contributed by atoms with Crippen molar-refractivity contribution in [2.45, 2.75) is 195 Å². The summed E-state index contributed by atoms with van der Waals surface area (Å²) in [6.45, 7) is 40.5. The Labute approximate surface area is 638 Å². The second-order valence-corrected chi connectivity index (χ2v) is 42.3. The van der Waals surface area contributed by atoms with Crippen LogP contribution in [0, 0.1) is 26.6 Å². The van der Waals surface area contributed by atoms with Crippen LogP contribution in [-0.2, 0) is 19.1 Å². The van der Waals surface area contributed by atoms with E-state index in [0.717, 1.165) is 26.3 Å². The molecule has 556 valence electrons. The van der Waals surface area contributed by atoms with E-state index in [4.69, 9.17) is 52.1 Å². The molecule has 104 heavy (non-hydrogen) atoms. The molecule has 0 aliphatic heterocycles. The number of nitrogens with zero attached hydrogens (tertiary/aromatic N) is 10. The lowest BCUT2D eigenvalue weighted by molar-refractivity contribution is -0.121. The number of aromatic nitrogens is 8. The van der Waals surface area contributed by atoms with Crippen LogP contribution in [0.2, 0.25) is 43.3 Å². The summed E-state index contributed by atoms with van der Waals surface area (Å²) in [7, 11) is 0.153. The summed E-state index contributed by atoms with van der Waals surface area (Å²) >= 11 is 14.7. The van der Waals surface area contributed by atoms with Gasteiger partial charge in [0.25, 0.3) is 0 Å². The molecule has 0 fully saturated rings. The third kappa shape index (κ3) is 20.3. The van der Waals surface area contributed by atoms with Crippen molar-refractivity contribution < 1.29 is 48.2 Å². The van der Waals surface area contributed by atoms with Crippen LogP contribution in [0.4, 0.5) is 21.2 Å². The zero-order valence-corrected chi connectivity index (χ0v) is 69.9. The number of carbonyl (C=O) groups is 4. The summed E-state index contributed by atoms with van der Waals surface area (Å²) in [6.07, 6.45) is 5.91. The van der Waals surface area contributed by atoms with Crippen molar-refractivity contribution in [3.05, 3.63) is 123 Å². The van der Waals surface area contributed by atoms with Gasteiger partial charge in [0.15, 0.2) is 0 Å². The Kier molecular flexibility index (Phi) is 29.2. The van der Waals surface area contributed by atoms with Gasteiger partial charge in [0.2, 0.25) is 23.6 Å². The highest BCUT2D eigenvalue weighted by Gasteiger charge is 2.43. The smallest absolute Gasteiger partial charge is 0.481 e. The van der Waals surface area contributed by atoms with Crippen molar-refractivity contribution in [3.63, 3.8) is 0 Å². The molecule has 0 bridgehead atoms. The normalized spacial score (nSPS) is 12.3. The Bertz CT molecular complexity index is 4470. The Morgan fingerprint density at radius 2 is 0.933 bits per heavy atom. The van der Waals surface area contributed by atoms with Crippen LogP contribution in [-0.4, -0.2) is 157 Å². The molecular formula is C76H100BCl2IN12O10Si2. The molecule has 4 amide bonds. The number of rotatable bonds is 18. The maximum Gasteiger partial charge on any atom is 0.491 e. The van der Waals surface area contributed by atoms with Crippen molar-refractivity contribution >= 4 is 121 Å². The molecular weight excluding hydrogens is 1510 g/mol. The quantitative estimate of drug-likeness (QED) is 0.0353. The number of halogens is 3. The van der Waals surface area contributed by atoms with E-state index in [2.05, 4.69) is 159 Å². The number of amides is 4. The minimum atomic E-state index is -2.20. The Balaban J connectivity index is 0.000000270. The van der Waals surface area contributed by atoms with Gasteiger partial charge >= 0.3 is 19.3 Å². The van der Waals surface area contributed by atoms with Crippen LogP contribution in [0.5, 0.6) is 11.8 Å². The van der Waals surface area contributed by atoms with Crippen LogP contribution < -0.4 is 25.6 Å². The van der Waals surface area contributed by atoms with Gasteiger partial charge in [-0.2, -0.15) is 0 Å². The number of imidazole rings is 2. The van der Waals surface area contributed by atoms with E-state index >= 15 is 0 Å². The number of fused-ring (bicyclic) bond motifs is 2. The number of anilines is 2. The summed E-state index contributed by atoms with van der Waals surface area (Å²) < 4.78 is 26.7. The number of methoxy groups -OCH3 is 2. The highest BCUT2D eigenvalue weighted by molar-refractivity contribution is 14.1. The van der Waals surface area contributed by atoms with Gasteiger partial charge in [-0.05, 0) is 166 Å². The molecule has 2 atom stereocenters. The number of hydrogen-bond acceptors (Lipinski definition) is 16. The molecule has 0 saturated heterocycles.